The average Bonchev–Trinajstić information content (AvgIpc) is 3.34. The molecule has 0 saturated heterocycles. The van der Waals surface area contributed by atoms with Gasteiger partial charge in [0.15, 0.2) is 6.10 Å². The van der Waals surface area contributed by atoms with Crippen molar-refractivity contribution >= 4 is 35.5 Å². The Kier molecular flexibility index (Phi) is 9.25. The quantitative estimate of drug-likeness (QED) is 0.341. The zero-order valence-electron chi connectivity index (χ0n) is 20.5. The summed E-state index contributed by atoms with van der Waals surface area (Å²) >= 11 is 0. The van der Waals surface area contributed by atoms with Crippen LogP contribution in [0.3, 0.4) is 0 Å². The lowest BCUT2D eigenvalue weighted by atomic mass is 10.0. The number of carbonyl (C=O) groups is 4. The lowest BCUT2D eigenvalue weighted by molar-refractivity contribution is -0.145. The van der Waals surface area contributed by atoms with Crippen molar-refractivity contribution in [2.45, 2.75) is 52.2 Å². The first-order valence-corrected chi connectivity index (χ1v) is 11.7. The molecular weight excluding hydrogens is 470 g/mol. The van der Waals surface area contributed by atoms with E-state index in [1.165, 1.54) is 6.20 Å². The Morgan fingerprint density at radius 3 is 2.72 bits per heavy atom. The molecule has 0 bridgehead atoms. The number of nitrogens with one attached hydrogen (secondary N) is 4. The maximum atomic E-state index is 12.6. The van der Waals surface area contributed by atoms with Crippen molar-refractivity contribution in [1.82, 2.24) is 15.3 Å². The first-order chi connectivity index (χ1) is 17.2. The molecule has 0 saturated carbocycles. The summed E-state index contributed by atoms with van der Waals surface area (Å²) in [5.41, 5.74) is 1.09. The van der Waals surface area contributed by atoms with Crippen LogP contribution in [0.1, 0.15) is 39.2 Å². The average molecular weight is 502 g/mol. The molecule has 12 nitrogen and oxygen atoms in total. The Labute approximate surface area is 208 Å². The fraction of sp³-hybridized carbons (Fsp3) is 0.458. The van der Waals surface area contributed by atoms with Crippen molar-refractivity contribution in [3.8, 4) is 5.75 Å². The third-order valence-corrected chi connectivity index (χ3v) is 5.10. The molecule has 1 aromatic heterocycles. The Hall–Kier alpha value is -4.09. The van der Waals surface area contributed by atoms with Gasteiger partial charge in [-0.2, -0.15) is 0 Å². The zero-order valence-corrected chi connectivity index (χ0v) is 20.5. The number of anilines is 2. The molecule has 1 aliphatic rings. The second kappa shape index (κ2) is 12.6. The summed E-state index contributed by atoms with van der Waals surface area (Å²) in [5, 5.41) is 7.92. The van der Waals surface area contributed by atoms with Gasteiger partial charge < -0.3 is 29.8 Å². The summed E-state index contributed by atoms with van der Waals surface area (Å²) in [5.74, 6) is -0.364. The van der Waals surface area contributed by atoms with Gasteiger partial charge in [-0.15, -0.1) is 0 Å². The van der Waals surface area contributed by atoms with E-state index in [1.807, 2.05) is 13.8 Å². The number of alkyl carbamates (subject to hydrolysis) is 1. The van der Waals surface area contributed by atoms with Crippen LogP contribution in [0, 0.1) is 5.92 Å². The number of imidazole rings is 1. The van der Waals surface area contributed by atoms with Crippen LogP contribution in [0.5, 0.6) is 5.75 Å². The Bertz CT molecular complexity index is 1070. The van der Waals surface area contributed by atoms with Crippen LogP contribution in [0.15, 0.2) is 30.6 Å². The van der Waals surface area contributed by atoms with Crippen molar-refractivity contribution in [1.29, 1.82) is 0 Å². The number of H-pyrrole nitrogens is 1. The maximum Gasteiger partial charge on any atom is 0.407 e. The lowest BCUT2D eigenvalue weighted by Gasteiger charge is -2.26. The number of amides is 3. The van der Waals surface area contributed by atoms with Crippen LogP contribution < -0.4 is 20.7 Å². The van der Waals surface area contributed by atoms with Crippen molar-refractivity contribution in [2.75, 3.05) is 23.8 Å². The van der Waals surface area contributed by atoms with E-state index >= 15 is 0 Å². The normalized spacial score (nSPS) is 15.2. The zero-order chi connectivity index (χ0) is 26.1. The molecule has 4 N–H and O–H groups in total. The molecule has 3 rings (SSSR count). The largest absolute Gasteiger partial charge is 0.478 e. The monoisotopic (exact) mass is 501 g/mol. The fourth-order valence-corrected chi connectivity index (χ4v) is 3.40. The summed E-state index contributed by atoms with van der Waals surface area (Å²) < 4.78 is 16.0. The van der Waals surface area contributed by atoms with Crippen LogP contribution in [-0.4, -0.2) is 59.2 Å². The molecule has 1 aromatic carbocycles. The van der Waals surface area contributed by atoms with Crippen molar-refractivity contribution < 1.29 is 33.4 Å². The molecule has 1 aliphatic heterocycles. The molecule has 194 valence electrons. The molecule has 0 fully saturated rings. The summed E-state index contributed by atoms with van der Waals surface area (Å²) in [6, 6.07) is 4.09. The van der Waals surface area contributed by atoms with Gasteiger partial charge in [0.1, 0.15) is 11.8 Å². The maximum absolute atomic E-state index is 12.6. The number of benzene rings is 1. The van der Waals surface area contributed by atoms with Gasteiger partial charge in [-0.25, -0.2) is 14.6 Å². The number of esters is 1. The van der Waals surface area contributed by atoms with Crippen LogP contribution >= 0.6 is 0 Å². The highest BCUT2D eigenvalue weighted by Gasteiger charge is 2.29. The molecular formula is C24H31N5O7. The van der Waals surface area contributed by atoms with E-state index in [0.717, 1.165) is 0 Å². The highest BCUT2D eigenvalue weighted by molar-refractivity contribution is 5.98. The van der Waals surface area contributed by atoms with Crippen molar-refractivity contribution in [2.24, 2.45) is 5.92 Å². The van der Waals surface area contributed by atoms with E-state index in [2.05, 4.69) is 25.9 Å². The molecule has 2 aromatic rings. The predicted molar refractivity (Wildman–Crippen MR) is 129 cm³/mol. The summed E-state index contributed by atoms with van der Waals surface area (Å²) in [6.45, 7) is 5.86. The SMILES string of the molecule is CCOC(=O)[C@H](Cc1ccc2c(c1)NC(=O)[C@@H](CCC(=O)Nc1ncc[nH]1)O2)NC(=O)OCC(C)C. The third-order valence-electron chi connectivity index (χ3n) is 5.10. The van der Waals surface area contributed by atoms with E-state index in [0.29, 0.717) is 22.9 Å². The second-order valence-corrected chi connectivity index (χ2v) is 8.60. The number of hydrogen-bond acceptors (Lipinski definition) is 8. The number of carbonyl (C=O) groups excluding carboxylic acids is 4. The summed E-state index contributed by atoms with van der Waals surface area (Å²) in [7, 11) is 0. The number of fused-ring (bicyclic) bond motifs is 1. The Morgan fingerprint density at radius 1 is 1.22 bits per heavy atom. The molecule has 36 heavy (non-hydrogen) atoms. The van der Waals surface area contributed by atoms with E-state index in [4.69, 9.17) is 14.2 Å². The smallest absolute Gasteiger partial charge is 0.407 e. The van der Waals surface area contributed by atoms with Gasteiger partial charge in [0.05, 0.1) is 18.9 Å². The highest BCUT2D eigenvalue weighted by atomic mass is 16.6. The van der Waals surface area contributed by atoms with Crippen LogP contribution in [-0.2, 0) is 30.3 Å². The van der Waals surface area contributed by atoms with Crippen LogP contribution in [0.2, 0.25) is 0 Å². The number of aromatic nitrogens is 2. The molecule has 3 amide bonds. The van der Waals surface area contributed by atoms with Crippen LogP contribution in [0.25, 0.3) is 0 Å². The van der Waals surface area contributed by atoms with E-state index in [-0.39, 0.29) is 50.2 Å². The van der Waals surface area contributed by atoms with Crippen molar-refractivity contribution in [3.63, 3.8) is 0 Å². The van der Waals surface area contributed by atoms with Gasteiger partial charge in [0.2, 0.25) is 11.9 Å². The van der Waals surface area contributed by atoms with Gasteiger partial charge in [0.25, 0.3) is 5.91 Å². The molecule has 2 atom stereocenters. The minimum Gasteiger partial charge on any atom is -0.478 e. The van der Waals surface area contributed by atoms with E-state index in [1.54, 1.807) is 31.3 Å². The van der Waals surface area contributed by atoms with E-state index < -0.39 is 24.2 Å². The number of rotatable bonds is 11. The topological polar surface area (TPSA) is 161 Å². The molecule has 0 aliphatic carbocycles. The second-order valence-electron chi connectivity index (χ2n) is 8.60. The Morgan fingerprint density at radius 2 is 2.03 bits per heavy atom. The van der Waals surface area contributed by atoms with Gasteiger partial charge >= 0.3 is 12.1 Å². The predicted octanol–water partition coefficient (Wildman–Crippen LogP) is 2.38. The van der Waals surface area contributed by atoms with Crippen molar-refractivity contribution in [3.05, 3.63) is 36.2 Å². The number of hydrogen-bond donors (Lipinski definition) is 4. The summed E-state index contributed by atoms with van der Waals surface area (Å²) in [4.78, 5) is 55.8. The molecule has 2 heterocycles. The van der Waals surface area contributed by atoms with E-state index in [9.17, 15) is 19.2 Å². The molecule has 0 radical (unpaired) electrons. The lowest BCUT2D eigenvalue weighted by Crippen LogP contribution is -2.44. The molecule has 0 spiro atoms. The third kappa shape index (κ3) is 7.72. The fourth-order valence-electron chi connectivity index (χ4n) is 3.40. The Balaban J connectivity index is 1.60. The highest BCUT2D eigenvalue weighted by Crippen LogP contribution is 2.32. The number of nitrogens with zero attached hydrogens (tertiary/aromatic N) is 1. The number of ether oxygens (including phenoxy) is 3. The van der Waals surface area contributed by atoms with Crippen LogP contribution in [0.4, 0.5) is 16.4 Å². The summed E-state index contributed by atoms with van der Waals surface area (Å²) in [6.07, 6.45) is 1.91. The molecule has 0 unspecified atom stereocenters. The first kappa shape index (κ1) is 26.5. The molecule has 12 heteroatoms. The minimum atomic E-state index is -0.969. The van der Waals surface area contributed by atoms with Gasteiger partial charge in [0, 0.05) is 31.7 Å². The first-order valence-electron chi connectivity index (χ1n) is 11.7. The standard InChI is InChI=1S/C24H31N5O7/c1-4-34-22(32)17(28-24(33)35-13-14(2)3)12-15-5-6-18-16(11-15)27-21(31)19(36-18)7-8-20(30)29-23-25-9-10-26-23/h5-6,9-11,14,17,19H,4,7-8,12-13H2,1-3H3,(H,27,31)(H,28,33)(H2,25,26,29,30)/t17-,19+/m0/s1. The van der Waals surface area contributed by atoms with Gasteiger partial charge in [-0.1, -0.05) is 19.9 Å². The minimum absolute atomic E-state index is 0.0615. The van der Waals surface area contributed by atoms with Gasteiger partial charge in [-0.3, -0.25) is 14.9 Å². The van der Waals surface area contributed by atoms with Gasteiger partial charge in [-0.05, 0) is 30.5 Å². The number of aromatic amines is 1.